The lowest BCUT2D eigenvalue weighted by Gasteiger charge is -2.21. The van der Waals surface area contributed by atoms with Crippen LogP contribution in [0.1, 0.15) is 56.5 Å². The number of aryl methyl sites for hydroxylation is 1. The third-order valence-electron chi connectivity index (χ3n) is 3.75. The molecule has 1 aromatic heterocycles. The van der Waals surface area contributed by atoms with Crippen molar-refractivity contribution in [3.63, 3.8) is 0 Å². The zero-order valence-electron chi connectivity index (χ0n) is 13.2. The molecule has 0 saturated heterocycles. The number of halogens is 1. The molecule has 0 aliphatic rings. The molecule has 2 aromatic rings. The van der Waals surface area contributed by atoms with E-state index >= 15 is 0 Å². The lowest BCUT2D eigenvalue weighted by molar-refractivity contribution is 0.542. The van der Waals surface area contributed by atoms with Gasteiger partial charge in [-0.15, -0.1) is 0 Å². The van der Waals surface area contributed by atoms with Crippen molar-refractivity contribution in [2.75, 3.05) is 6.54 Å². The van der Waals surface area contributed by atoms with Crippen molar-refractivity contribution in [1.29, 1.82) is 0 Å². The van der Waals surface area contributed by atoms with Crippen LogP contribution < -0.4 is 5.32 Å². The Hall–Kier alpha value is -1.32. The molecule has 21 heavy (non-hydrogen) atoms. The van der Waals surface area contributed by atoms with Crippen LogP contribution in [-0.4, -0.2) is 16.3 Å². The smallest absolute Gasteiger partial charge is 0.0837 e. The second-order valence-electron chi connectivity index (χ2n) is 5.51. The monoisotopic (exact) mass is 305 g/mol. The summed E-state index contributed by atoms with van der Waals surface area (Å²) in [4.78, 5) is 0. The molecule has 0 spiro atoms. The summed E-state index contributed by atoms with van der Waals surface area (Å²) in [6.45, 7) is 10.3. The van der Waals surface area contributed by atoms with Gasteiger partial charge in [0, 0.05) is 6.54 Å². The minimum Gasteiger partial charge on any atom is -0.305 e. The molecule has 1 unspecified atom stereocenters. The normalized spacial score (nSPS) is 12.9. The molecule has 0 aliphatic carbocycles. The summed E-state index contributed by atoms with van der Waals surface area (Å²) in [6.07, 6.45) is 1.73. The number of hydrogen-bond acceptors (Lipinski definition) is 2. The maximum Gasteiger partial charge on any atom is 0.0837 e. The standard InChI is InChI=1S/C17H24ClN3/c1-5-19-16(17-15(18)11-20-21(17)6-2)14-9-7-13(8-10-14)12(3)4/h7-12,16,19H,5-6H2,1-4H3. The van der Waals surface area contributed by atoms with Crippen LogP contribution in [0, 0.1) is 0 Å². The third-order valence-corrected chi connectivity index (χ3v) is 4.04. The first-order valence-corrected chi connectivity index (χ1v) is 8.00. The molecule has 114 valence electrons. The molecule has 4 heteroatoms. The zero-order chi connectivity index (χ0) is 15.4. The van der Waals surface area contributed by atoms with E-state index in [0.717, 1.165) is 23.8 Å². The van der Waals surface area contributed by atoms with Crippen LogP contribution >= 0.6 is 11.6 Å². The number of nitrogens with one attached hydrogen (secondary N) is 1. The van der Waals surface area contributed by atoms with E-state index in [1.54, 1.807) is 6.20 Å². The molecule has 1 heterocycles. The predicted octanol–water partition coefficient (Wildman–Crippen LogP) is 4.38. The average Bonchev–Trinajstić information content (AvgIpc) is 2.86. The average molecular weight is 306 g/mol. The van der Waals surface area contributed by atoms with Crippen LogP contribution in [-0.2, 0) is 6.54 Å². The van der Waals surface area contributed by atoms with Gasteiger partial charge in [0.2, 0.25) is 0 Å². The van der Waals surface area contributed by atoms with E-state index in [9.17, 15) is 0 Å². The van der Waals surface area contributed by atoms with E-state index in [1.165, 1.54) is 11.1 Å². The topological polar surface area (TPSA) is 29.9 Å². The van der Waals surface area contributed by atoms with Crippen molar-refractivity contribution in [3.8, 4) is 0 Å². The summed E-state index contributed by atoms with van der Waals surface area (Å²) >= 11 is 6.36. The van der Waals surface area contributed by atoms with Gasteiger partial charge in [-0.25, -0.2) is 0 Å². The van der Waals surface area contributed by atoms with Crippen LogP contribution in [0.2, 0.25) is 5.02 Å². The van der Waals surface area contributed by atoms with Gasteiger partial charge in [0.1, 0.15) is 0 Å². The van der Waals surface area contributed by atoms with Gasteiger partial charge < -0.3 is 5.32 Å². The first-order valence-electron chi connectivity index (χ1n) is 7.62. The van der Waals surface area contributed by atoms with Crippen LogP contribution in [0.5, 0.6) is 0 Å². The first kappa shape index (κ1) is 16.1. The second kappa shape index (κ2) is 7.10. The largest absolute Gasteiger partial charge is 0.305 e. The second-order valence-corrected chi connectivity index (χ2v) is 5.91. The molecule has 0 radical (unpaired) electrons. The Kier molecular flexibility index (Phi) is 5.43. The van der Waals surface area contributed by atoms with Crippen molar-refractivity contribution < 1.29 is 0 Å². The number of rotatable bonds is 6. The Balaban J connectivity index is 2.40. The predicted molar refractivity (Wildman–Crippen MR) is 89.0 cm³/mol. The molecule has 1 aromatic carbocycles. The summed E-state index contributed by atoms with van der Waals surface area (Å²) in [5.41, 5.74) is 3.61. The lowest BCUT2D eigenvalue weighted by atomic mass is 9.97. The highest BCUT2D eigenvalue weighted by atomic mass is 35.5. The van der Waals surface area contributed by atoms with Crippen molar-refractivity contribution in [3.05, 3.63) is 52.3 Å². The zero-order valence-corrected chi connectivity index (χ0v) is 14.0. The SMILES string of the molecule is CCNC(c1ccc(C(C)C)cc1)c1c(Cl)cnn1CC. The molecule has 0 saturated carbocycles. The van der Waals surface area contributed by atoms with Crippen molar-refractivity contribution >= 4 is 11.6 Å². The lowest BCUT2D eigenvalue weighted by Crippen LogP contribution is -2.25. The summed E-state index contributed by atoms with van der Waals surface area (Å²) in [5.74, 6) is 0.543. The summed E-state index contributed by atoms with van der Waals surface area (Å²) in [6, 6.07) is 8.85. The fourth-order valence-corrected chi connectivity index (χ4v) is 2.81. The first-order chi connectivity index (χ1) is 10.1. The van der Waals surface area contributed by atoms with Gasteiger partial charge in [0.15, 0.2) is 0 Å². The fraction of sp³-hybridized carbons (Fsp3) is 0.471. The summed E-state index contributed by atoms with van der Waals surface area (Å²) in [7, 11) is 0. The van der Waals surface area contributed by atoms with Gasteiger partial charge in [-0.2, -0.15) is 5.10 Å². The maximum absolute atomic E-state index is 6.36. The van der Waals surface area contributed by atoms with Crippen LogP contribution in [0.15, 0.2) is 30.5 Å². The molecular weight excluding hydrogens is 282 g/mol. The third kappa shape index (κ3) is 3.47. The van der Waals surface area contributed by atoms with Crippen LogP contribution in [0.25, 0.3) is 0 Å². The van der Waals surface area contributed by atoms with E-state index in [1.807, 2.05) is 4.68 Å². The number of nitrogens with zero attached hydrogens (tertiary/aromatic N) is 2. The van der Waals surface area contributed by atoms with Gasteiger partial charge >= 0.3 is 0 Å². The molecule has 2 rings (SSSR count). The molecule has 1 atom stereocenters. The Labute approximate surface area is 132 Å². The minimum atomic E-state index is 0.0752. The van der Waals surface area contributed by atoms with Gasteiger partial charge in [-0.05, 0) is 30.5 Å². The van der Waals surface area contributed by atoms with Gasteiger partial charge in [0.05, 0.1) is 23.0 Å². The summed E-state index contributed by atoms with van der Waals surface area (Å²) < 4.78 is 1.96. The fourth-order valence-electron chi connectivity index (χ4n) is 2.56. The Morgan fingerprint density at radius 2 is 1.76 bits per heavy atom. The van der Waals surface area contributed by atoms with Crippen molar-refractivity contribution in [2.45, 2.75) is 46.2 Å². The van der Waals surface area contributed by atoms with Crippen molar-refractivity contribution in [2.24, 2.45) is 0 Å². The molecular formula is C17H24ClN3. The van der Waals surface area contributed by atoms with Crippen LogP contribution in [0.3, 0.4) is 0 Å². The Morgan fingerprint density at radius 3 is 2.29 bits per heavy atom. The van der Waals surface area contributed by atoms with E-state index < -0.39 is 0 Å². The van der Waals surface area contributed by atoms with Gasteiger partial charge in [0.25, 0.3) is 0 Å². The number of benzene rings is 1. The van der Waals surface area contributed by atoms with E-state index in [0.29, 0.717) is 5.92 Å². The maximum atomic E-state index is 6.36. The minimum absolute atomic E-state index is 0.0752. The summed E-state index contributed by atoms with van der Waals surface area (Å²) in [5, 5.41) is 8.59. The molecule has 3 nitrogen and oxygen atoms in total. The Morgan fingerprint density at radius 1 is 1.14 bits per heavy atom. The van der Waals surface area contributed by atoms with Crippen molar-refractivity contribution in [1.82, 2.24) is 15.1 Å². The molecule has 1 N–H and O–H groups in total. The van der Waals surface area contributed by atoms with Crippen LogP contribution in [0.4, 0.5) is 0 Å². The molecule has 0 aliphatic heterocycles. The highest BCUT2D eigenvalue weighted by molar-refractivity contribution is 6.31. The van der Waals surface area contributed by atoms with E-state index in [4.69, 9.17) is 11.6 Å². The molecule has 0 fully saturated rings. The molecule has 0 amide bonds. The highest BCUT2D eigenvalue weighted by Crippen LogP contribution is 2.29. The highest BCUT2D eigenvalue weighted by Gasteiger charge is 2.21. The number of aromatic nitrogens is 2. The molecule has 0 bridgehead atoms. The van der Waals surface area contributed by atoms with Gasteiger partial charge in [-0.3, -0.25) is 4.68 Å². The van der Waals surface area contributed by atoms with Gasteiger partial charge in [-0.1, -0.05) is 56.6 Å². The quantitative estimate of drug-likeness (QED) is 0.858. The Bertz CT molecular complexity index is 572. The van der Waals surface area contributed by atoms with E-state index in [2.05, 4.69) is 62.4 Å². The van der Waals surface area contributed by atoms with E-state index in [-0.39, 0.29) is 6.04 Å². The number of hydrogen-bond donors (Lipinski definition) is 1.